The van der Waals surface area contributed by atoms with E-state index in [1.807, 2.05) is 12.1 Å². The fourth-order valence-electron chi connectivity index (χ4n) is 2.14. The molecule has 1 aromatic rings. The number of anilines is 2. The number of benzene rings is 1. The maximum atomic E-state index is 12.2. The Labute approximate surface area is 123 Å². The molecule has 1 amide bonds. The molecule has 1 heterocycles. The van der Waals surface area contributed by atoms with Crippen molar-refractivity contribution in [1.82, 2.24) is 5.32 Å². The number of carbonyl (C=O) groups is 1. The van der Waals surface area contributed by atoms with Crippen molar-refractivity contribution in [3.63, 3.8) is 0 Å². The first kappa shape index (κ1) is 13.7. The van der Waals surface area contributed by atoms with Crippen molar-refractivity contribution < 1.29 is 9.53 Å². The number of hydrogen-bond acceptors (Lipinski definition) is 4. The Bertz CT molecular complexity index is 499. The fourth-order valence-corrected chi connectivity index (χ4v) is 2.31. The van der Waals surface area contributed by atoms with Gasteiger partial charge >= 0.3 is 0 Å². The molecule has 2 aliphatic rings. The Morgan fingerprint density at radius 2 is 2.20 bits per heavy atom. The summed E-state index contributed by atoms with van der Waals surface area (Å²) in [4.78, 5) is 12.2. The lowest BCUT2D eigenvalue weighted by Crippen LogP contribution is -2.45. The Kier molecular flexibility index (Phi) is 4.10. The summed E-state index contributed by atoms with van der Waals surface area (Å²) in [5.41, 5.74) is 1.62. The molecule has 1 saturated carbocycles. The van der Waals surface area contributed by atoms with Gasteiger partial charge in [0, 0.05) is 24.2 Å². The van der Waals surface area contributed by atoms with Gasteiger partial charge in [-0.15, -0.1) is 0 Å². The summed E-state index contributed by atoms with van der Waals surface area (Å²) in [6.45, 7) is 1.88. The van der Waals surface area contributed by atoms with Crippen molar-refractivity contribution in [3.05, 3.63) is 23.2 Å². The number of amides is 1. The minimum atomic E-state index is -0.448. The third-order valence-electron chi connectivity index (χ3n) is 3.40. The van der Waals surface area contributed by atoms with Gasteiger partial charge in [-0.05, 0) is 31.0 Å². The molecule has 0 bridgehead atoms. The normalized spacial score (nSPS) is 22.4. The maximum absolute atomic E-state index is 12.2. The molecule has 3 rings (SSSR count). The molecule has 1 atom stereocenters. The summed E-state index contributed by atoms with van der Waals surface area (Å²) in [5, 5.41) is 10.0. The van der Waals surface area contributed by atoms with Gasteiger partial charge in [-0.1, -0.05) is 11.6 Å². The molecule has 2 fully saturated rings. The molecule has 5 nitrogen and oxygen atoms in total. The van der Waals surface area contributed by atoms with Gasteiger partial charge in [0.25, 0.3) is 5.91 Å². The number of carbonyl (C=O) groups excluding carboxylic acids is 1. The Balaban J connectivity index is 1.70. The minimum Gasteiger partial charge on any atom is -0.381 e. The highest BCUT2D eigenvalue weighted by Gasteiger charge is 2.25. The van der Waals surface area contributed by atoms with E-state index in [2.05, 4.69) is 16.0 Å². The summed E-state index contributed by atoms with van der Waals surface area (Å²) in [6.07, 6.45) is 1.90. The Hall–Kier alpha value is -1.30. The zero-order valence-corrected chi connectivity index (χ0v) is 11.9. The molecular formula is C14H18ClN3O2. The van der Waals surface area contributed by atoms with Crippen LogP contribution < -0.4 is 16.0 Å². The van der Waals surface area contributed by atoms with E-state index in [9.17, 15) is 4.79 Å². The summed E-state index contributed by atoms with van der Waals surface area (Å²) in [5.74, 6) is -0.140. The summed E-state index contributed by atoms with van der Waals surface area (Å²) < 4.78 is 5.45. The van der Waals surface area contributed by atoms with Crippen LogP contribution in [0.25, 0.3) is 0 Å². The molecule has 1 aliphatic heterocycles. The molecule has 0 unspecified atom stereocenters. The average Bonchev–Trinajstić information content (AvgIpc) is 3.27. The topological polar surface area (TPSA) is 62.4 Å². The third kappa shape index (κ3) is 3.42. The van der Waals surface area contributed by atoms with Crippen LogP contribution in [0.1, 0.15) is 12.8 Å². The molecule has 0 spiro atoms. The van der Waals surface area contributed by atoms with Crippen LogP contribution in [-0.2, 0) is 9.53 Å². The highest BCUT2D eigenvalue weighted by Crippen LogP contribution is 2.31. The number of nitrogens with one attached hydrogen (secondary N) is 3. The van der Waals surface area contributed by atoms with E-state index in [0.29, 0.717) is 29.9 Å². The van der Waals surface area contributed by atoms with Crippen molar-refractivity contribution in [1.29, 1.82) is 0 Å². The van der Waals surface area contributed by atoms with Crippen LogP contribution in [0, 0.1) is 0 Å². The second kappa shape index (κ2) is 5.99. The van der Waals surface area contributed by atoms with Crippen molar-refractivity contribution in [2.45, 2.75) is 25.0 Å². The molecule has 1 aromatic carbocycles. The Morgan fingerprint density at radius 3 is 2.90 bits per heavy atom. The van der Waals surface area contributed by atoms with E-state index in [1.54, 1.807) is 6.07 Å². The van der Waals surface area contributed by atoms with Crippen molar-refractivity contribution >= 4 is 28.9 Å². The van der Waals surface area contributed by atoms with Crippen molar-refractivity contribution in [2.75, 3.05) is 30.3 Å². The molecule has 108 valence electrons. The summed E-state index contributed by atoms with van der Waals surface area (Å²) in [7, 11) is 0. The first-order valence-corrected chi connectivity index (χ1v) is 7.29. The zero-order valence-electron chi connectivity index (χ0n) is 11.1. The molecule has 1 saturated heterocycles. The molecule has 1 aliphatic carbocycles. The second-order valence-corrected chi connectivity index (χ2v) is 5.60. The predicted octanol–water partition coefficient (Wildman–Crippen LogP) is 1.84. The zero-order chi connectivity index (χ0) is 13.9. The largest absolute Gasteiger partial charge is 0.381 e. The lowest BCUT2D eigenvalue weighted by Gasteiger charge is -2.23. The van der Waals surface area contributed by atoms with Gasteiger partial charge in [-0.25, -0.2) is 0 Å². The van der Waals surface area contributed by atoms with Crippen LogP contribution >= 0.6 is 11.6 Å². The minimum absolute atomic E-state index is 0.140. The van der Waals surface area contributed by atoms with Crippen molar-refractivity contribution in [2.24, 2.45) is 0 Å². The fraction of sp³-hybridized carbons (Fsp3) is 0.500. The highest BCUT2D eigenvalue weighted by molar-refractivity contribution is 6.31. The number of hydrogen-bond donors (Lipinski definition) is 3. The van der Waals surface area contributed by atoms with Crippen LogP contribution in [0.4, 0.5) is 11.4 Å². The standard InChI is InChI=1S/C14H18ClN3O2/c15-9-1-4-11(17-10-2-3-10)12(7-9)18-14(19)13-8-16-5-6-20-13/h1,4,7,10,13,16-17H,2-3,5-6,8H2,(H,18,19)/t13-/m1/s1. The smallest absolute Gasteiger partial charge is 0.254 e. The lowest BCUT2D eigenvalue weighted by atomic mass is 10.2. The maximum Gasteiger partial charge on any atom is 0.254 e. The third-order valence-corrected chi connectivity index (χ3v) is 3.63. The van der Waals surface area contributed by atoms with E-state index in [1.165, 1.54) is 12.8 Å². The van der Waals surface area contributed by atoms with E-state index in [-0.39, 0.29) is 5.91 Å². The van der Waals surface area contributed by atoms with Gasteiger partial charge < -0.3 is 20.7 Å². The molecule has 0 radical (unpaired) electrons. The highest BCUT2D eigenvalue weighted by atomic mass is 35.5. The van der Waals surface area contributed by atoms with Gasteiger partial charge in [-0.2, -0.15) is 0 Å². The van der Waals surface area contributed by atoms with Gasteiger partial charge in [0.05, 0.1) is 18.0 Å². The summed E-state index contributed by atoms with van der Waals surface area (Å²) >= 11 is 6.02. The van der Waals surface area contributed by atoms with Crippen LogP contribution in [-0.4, -0.2) is 37.7 Å². The van der Waals surface area contributed by atoms with Gasteiger partial charge in [0.2, 0.25) is 0 Å². The van der Waals surface area contributed by atoms with E-state index < -0.39 is 6.10 Å². The molecule has 6 heteroatoms. The number of halogens is 1. The van der Waals surface area contributed by atoms with Crippen LogP contribution in [0.2, 0.25) is 5.02 Å². The molecule has 3 N–H and O–H groups in total. The number of morpholine rings is 1. The van der Waals surface area contributed by atoms with E-state index in [0.717, 1.165) is 12.2 Å². The number of ether oxygens (including phenoxy) is 1. The Morgan fingerprint density at radius 1 is 1.35 bits per heavy atom. The van der Waals surface area contributed by atoms with Crippen LogP contribution in [0.15, 0.2) is 18.2 Å². The monoisotopic (exact) mass is 295 g/mol. The molecular weight excluding hydrogens is 278 g/mol. The van der Waals surface area contributed by atoms with Gasteiger partial charge in [-0.3, -0.25) is 4.79 Å². The van der Waals surface area contributed by atoms with Crippen molar-refractivity contribution in [3.8, 4) is 0 Å². The second-order valence-electron chi connectivity index (χ2n) is 5.16. The first-order valence-electron chi connectivity index (χ1n) is 6.91. The van der Waals surface area contributed by atoms with Crippen LogP contribution in [0.5, 0.6) is 0 Å². The molecule has 20 heavy (non-hydrogen) atoms. The van der Waals surface area contributed by atoms with Gasteiger partial charge in [0.15, 0.2) is 0 Å². The van der Waals surface area contributed by atoms with Gasteiger partial charge in [0.1, 0.15) is 6.10 Å². The average molecular weight is 296 g/mol. The molecule has 0 aromatic heterocycles. The quantitative estimate of drug-likeness (QED) is 0.793. The first-order chi connectivity index (χ1) is 9.72. The van der Waals surface area contributed by atoms with E-state index >= 15 is 0 Å². The predicted molar refractivity (Wildman–Crippen MR) is 79.3 cm³/mol. The summed E-state index contributed by atoms with van der Waals surface area (Å²) in [6, 6.07) is 6.00. The number of rotatable bonds is 4. The SMILES string of the molecule is O=C(Nc1cc(Cl)ccc1NC1CC1)[C@H]1CNCCO1. The lowest BCUT2D eigenvalue weighted by molar-refractivity contribution is -0.128. The van der Waals surface area contributed by atoms with Crippen LogP contribution in [0.3, 0.4) is 0 Å². The van der Waals surface area contributed by atoms with E-state index in [4.69, 9.17) is 16.3 Å².